The molecule has 0 bridgehead atoms. The molecule has 0 fully saturated rings. The first-order valence-electron chi connectivity index (χ1n) is 5.54. The summed E-state index contributed by atoms with van der Waals surface area (Å²) in [6, 6.07) is 1.96. The predicted octanol–water partition coefficient (Wildman–Crippen LogP) is 2.29. The highest BCUT2D eigenvalue weighted by molar-refractivity contribution is 7.10. The fourth-order valence-corrected chi connectivity index (χ4v) is 2.61. The van der Waals surface area contributed by atoms with E-state index in [1.54, 1.807) is 23.7 Å². The highest BCUT2D eigenvalue weighted by atomic mass is 32.1. The van der Waals surface area contributed by atoms with Crippen LogP contribution in [0.15, 0.2) is 17.8 Å². The molecule has 3 heterocycles. The van der Waals surface area contributed by atoms with Crippen molar-refractivity contribution in [3.05, 3.63) is 22.7 Å². The van der Waals surface area contributed by atoms with E-state index >= 15 is 0 Å². The molecule has 19 heavy (non-hydrogen) atoms. The molecule has 0 aliphatic rings. The molecule has 0 saturated carbocycles. The number of aromatic amines is 1. The van der Waals surface area contributed by atoms with Gasteiger partial charge in [-0.05, 0) is 6.92 Å². The maximum absolute atomic E-state index is 8.60. The Balaban J connectivity index is 2.10. The monoisotopic (exact) mass is 271 g/mol. The Hall–Kier alpha value is -2.46. The minimum absolute atomic E-state index is 0.0204. The second kappa shape index (κ2) is 4.66. The average Bonchev–Trinajstić information content (AvgIpc) is 2.99. The molecule has 3 aromatic heterocycles. The van der Waals surface area contributed by atoms with Crippen LogP contribution in [-0.4, -0.2) is 26.8 Å². The van der Waals surface area contributed by atoms with Crippen molar-refractivity contribution in [3.8, 4) is 23.2 Å². The smallest absolute Gasteiger partial charge is 0.174 e. The van der Waals surface area contributed by atoms with Crippen LogP contribution in [0.25, 0.3) is 22.4 Å². The molecular weight excluding hydrogens is 262 g/mol. The number of ether oxygens (including phenoxy) is 1. The van der Waals surface area contributed by atoms with Crippen molar-refractivity contribution in [2.75, 3.05) is 6.61 Å². The van der Waals surface area contributed by atoms with Gasteiger partial charge in [0, 0.05) is 10.3 Å². The molecular formula is C12H9N5OS. The van der Waals surface area contributed by atoms with Gasteiger partial charge in [-0.3, -0.25) is 0 Å². The second-order valence-corrected chi connectivity index (χ2v) is 4.94. The largest absolute Gasteiger partial charge is 0.477 e. The van der Waals surface area contributed by atoms with Gasteiger partial charge >= 0.3 is 0 Å². The normalized spacial score (nSPS) is 10.5. The molecule has 0 unspecified atom stereocenters. The van der Waals surface area contributed by atoms with Crippen LogP contribution in [0, 0.1) is 18.3 Å². The summed E-state index contributed by atoms with van der Waals surface area (Å²) in [5.41, 5.74) is 2.46. The third kappa shape index (κ3) is 2.02. The SMILES string of the molecule is Cc1scc(OCC#N)c1-c1nc2cnncc2[nH]1. The molecule has 1 N–H and O–H groups in total. The van der Waals surface area contributed by atoms with Gasteiger partial charge in [0.2, 0.25) is 0 Å². The molecule has 0 saturated heterocycles. The zero-order chi connectivity index (χ0) is 13.2. The Morgan fingerprint density at radius 2 is 2.26 bits per heavy atom. The Bertz CT molecular complexity index is 737. The molecule has 6 nitrogen and oxygen atoms in total. The van der Waals surface area contributed by atoms with Crippen LogP contribution in [-0.2, 0) is 0 Å². The van der Waals surface area contributed by atoms with Gasteiger partial charge < -0.3 is 9.72 Å². The minimum atomic E-state index is 0.0204. The van der Waals surface area contributed by atoms with Crippen LogP contribution >= 0.6 is 11.3 Å². The summed E-state index contributed by atoms with van der Waals surface area (Å²) in [5.74, 6) is 1.38. The molecule has 3 aromatic rings. The summed E-state index contributed by atoms with van der Waals surface area (Å²) in [6.07, 6.45) is 3.23. The topological polar surface area (TPSA) is 87.5 Å². The highest BCUT2D eigenvalue weighted by Gasteiger charge is 2.16. The van der Waals surface area contributed by atoms with Gasteiger partial charge in [0.15, 0.2) is 6.61 Å². The maximum Gasteiger partial charge on any atom is 0.174 e. The molecule has 7 heteroatoms. The van der Waals surface area contributed by atoms with Gasteiger partial charge in [-0.2, -0.15) is 15.5 Å². The Kier molecular flexibility index (Phi) is 2.85. The third-order valence-electron chi connectivity index (χ3n) is 2.67. The van der Waals surface area contributed by atoms with Crippen LogP contribution in [0.5, 0.6) is 5.75 Å². The number of hydrogen-bond donors (Lipinski definition) is 1. The van der Waals surface area contributed by atoms with E-state index in [2.05, 4.69) is 20.2 Å². The molecule has 0 spiro atoms. The Morgan fingerprint density at radius 3 is 3.05 bits per heavy atom. The lowest BCUT2D eigenvalue weighted by Crippen LogP contribution is -1.94. The van der Waals surface area contributed by atoms with Gasteiger partial charge in [0.1, 0.15) is 23.2 Å². The number of imidazole rings is 1. The number of aromatic nitrogens is 4. The number of H-pyrrole nitrogens is 1. The van der Waals surface area contributed by atoms with Crippen molar-refractivity contribution < 1.29 is 4.74 Å². The van der Waals surface area contributed by atoms with E-state index in [0.717, 1.165) is 21.5 Å². The number of hydrogen-bond acceptors (Lipinski definition) is 6. The molecule has 3 rings (SSSR count). The van der Waals surface area contributed by atoms with Crippen molar-refractivity contribution in [1.29, 1.82) is 5.26 Å². The Morgan fingerprint density at radius 1 is 1.42 bits per heavy atom. The molecule has 0 aromatic carbocycles. The van der Waals surface area contributed by atoms with Gasteiger partial charge in [-0.25, -0.2) is 4.98 Å². The number of rotatable bonds is 3. The van der Waals surface area contributed by atoms with E-state index in [1.807, 2.05) is 18.4 Å². The molecule has 0 atom stereocenters. The number of fused-ring (bicyclic) bond motifs is 1. The molecule has 0 amide bonds. The van der Waals surface area contributed by atoms with Crippen molar-refractivity contribution >= 4 is 22.4 Å². The zero-order valence-electron chi connectivity index (χ0n) is 10.0. The lowest BCUT2D eigenvalue weighted by molar-refractivity contribution is 0.371. The molecule has 0 aliphatic heterocycles. The summed E-state index contributed by atoms with van der Waals surface area (Å²) in [5, 5.41) is 18.1. The van der Waals surface area contributed by atoms with E-state index in [9.17, 15) is 0 Å². The number of nitrogens with zero attached hydrogens (tertiary/aromatic N) is 4. The fraction of sp³-hybridized carbons (Fsp3) is 0.167. The Labute approximate surface area is 112 Å². The number of thiophene rings is 1. The second-order valence-electron chi connectivity index (χ2n) is 3.85. The lowest BCUT2D eigenvalue weighted by Gasteiger charge is -2.02. The lowest BCUT2D eigenvalue weighted by atomic mass is 10.2. The van der Waals surface area contributed by atoms with E-state index in [1.165, 1.54) is 0 Å². The van der Waals surface area contributed by atoms with Crippen LogP contribution in [0.4, 0.5) is 0 Å². The standard InChI is InChI=1S/C12H9N5OS/c1-7-11(10(6-19-7)18-3-2-13)12-16-8-4-14-15-5-9(8)17-12/h4-6H,3H2,1H3,(H,16,17). The van der Waals surface area contributed by atoms with Crippen LogP contribution in [0.2, 0.25) is 0 Å². The highest BCUT2D eigenvalue weighted by Crippen LogP contribution is 2.37. The van der Waals surface area contributed by atoms with Crippen LogP contribution in [0.3, 0.4) is 0 Å². The van der Waals surface area contributed by atoms with Crippen molar-refractivity contribution in [2.45, 2.75) is 6.92 Å². The summed E-state index contributed by atoms with van der Waals surface area (Å²) in [4.78, 5) is 8.73. The maximum atomic E-state index is 8.60. The number of nitrogens with one attached hydrogen (secondary N) is 1. The third-order valence-corrected chi connectivity index (χ3v) is 3.55. The van der Waals surface area contributed by atoms with E-state index < -0.39 is 0 Å². The average molecular weight is 271 g/mol. The minimum Gasteiger partial charge on any atom is -0.477 e. The van der Waals surface area contributed by atoms with Gasteiger partial charge in [0.05, 0.1) is 23.5 Å². The first kappa shape index (κ1) is 11.6. The van der Waals surface area contributed by atoms with Gasteiger partial charge in [0.25, 0.3) is 0 Å². The quantitative estimate of drug-likeness (QED) is 0.789. The van der Waals surface area contributed by atoms with E-state index in [0.29, 0.717) is 11.6 Å². The predicted molar refractivity (Wildman–Crippen MR) is 70.8 cm³/mol. The number of aryl methyl sites for hydroxylation is 1. The first-order chi connectivity index (χ1) is 9.29. The van der Waals surface area contributed by atoms with E-state index in [4.69, 9.17) is 10.00 Å². The van der Waals surface area contributed by atoms with Crippen LogP contribution < -0.4 is 4.74 Å². The summed E-state index contributed by atoms with van der Waals surface area (Å²) < 4.78 is 5.42. The van der Waals surface area contributed by atoms with Crippen molar-refractivity contribution in [2.24, 2.45) is 0 Å². The summed E-state index contributed by atoms with van der Waals surface area (Å²) in [7, 11) is 0. The van der Waals surface area contributed by atoms with E-state index in [-0.39, 0.29) is 6.61 Å². The molecule has 0 radical (unpaired) electrons. The van der Waals surface area contributed by atoms with Crippen LogP contribution in [0.1, 0.15) is 4.88 Å². The van der Waals surface area contributed by atoms with Crippen molar-refractivity contribution in [3.63, 3.8) is 0 Å². The molecule has 0 aliphatic carbocycles. The van der Waals surface area contributed by atoms with Gasteiger partial charge in [-0.15, -0.1) is 11.3 Å². The zero-order valence-corrected chi connectivity index (χ0v) is 10.9. The van der Waals surface area contributed by atoms with Gasteiger partial charge in [-0.1, -0.05) is 0 Å². The summed E-state index contributed by atoms with van der Waals surface area (Å²) >= 11 is 1.56. The molecule has 94 valence electrons. The first-order valence-corrected chi connectivity index (χ1v) is 6.42. The fourth-order valence-electron chi connectivity index (χ4n) is 1.83. The summed E-state index contributed by atoms with van der Waals surface area (Å²) in [6.45, 7) is 2.01. The number of nitriles is 1. The van der Waals surface area contributed by atoms with Crippen molar-refractivity contribution in [1.82, 2.24) is 20.2 Å².